The first-order valence-corrected chi connectivity index (χ1v) is 9.59. The van der Waals surface area contributed by atoms with E-state index in [2.05, 4.69) is 37.5 Å². The molecule has 3 heterocycles. The molecule has 0 amide bonds. The molecule has 138 valence electrons. The van der Waals surface area contributed by atoms with Gasteiger partial charge in [0.1, 0.15) is 11.2 Å². The fourth-order valence-corrected chi connectivity index (χ4v) is 3.91. The Morgan fingerprint density at radius 1 is 1.23 bits per heavy atom. The Balaban J connectivity index is 2.16. The summed E-state index contributed by atoms with van der Waals surface area (Å²) in [6.45, 7) is 2.00. The van der Waals surface area contributed by atoms with Gasteiger partial charge in [-0.1, -0.05) is 6.92 Å². The Morgan fingerprint density at radius 2 is 1.96 bits per heavy atom. The Bertz CT molecular complexity index is 961. The van der Waals surface area contributed by atoms with Crippen molar-refractivity contribution in [2.75, 3.05) is 5.75 Å². The summed E-state index contributed by atoms with van der Waals surface area (Å²) in [6, 6.07) is 2.91. The van der Waals surface area contributed by atoms with Crippen LogP contribution in [0.1, 0.15) is 12.5 Å². The highest BCUT2D eigenvalue weighted by atomic mass is 127. The van der Waals surface area contributed by atoms with Crippen molar-refractivity contribution in [3.63, 3.8) is 0 Å². The molecule has 0 aliphatic rings. The van der Waals surface area contributed by atoms with Gasteiger partial charge in [-0.15, -0.1) is 11.8 Å². The minimum Gasteiger partial charge on any atom is -0.310 e. The van der Waals surface area contributed by atoms with Crippen molar-refractivity contribution in [3.05, 3.63) is 33.7 Å². The molecule has 0 aromatic carbocycles. The van der Waals surface area contributed by atoms with Crippen LogP contribution < -0.4 is 0 Å². The molecule has 0 aliphatic carbocycles. The smallest absolute Gasteiger partial charge is 0.310 e. The first-order valence-electron chi connectivity index (χ1n) is 7.53. The molecule has 0 aliphatic heterocycles. The Labute approximate surface area is 164 Å². The van der Waals surface area contributed by atoms with Crippen LogP contribution in [0.4, 0.5) is 17.6 Å². The SMILES string of the molecule is CCSc1cc(I)cnc1-c1nc2cc(C(F)(F)C(F)F)cnc2n1C. The van der Waals surface area contributed by atoms with Crippen molar-refractivity contribution in [2.45, 2.75) is 24.2 Å². The minimum absolute atomic E-state index is 0.119. The van der Waals surface area contributed by atoms with Crippen LogP contribution in [-0.2, 0) is 13.0 Å². The molecule has 0 N–H and O–H groups in total. The average Bonchev–Trinajstić information content (AvgIpc) is 2.91. The third-order valence-corrected chi connectivity index (χ3v) is 5.20. The molecule has 0 saturated carbocycles. The lowest BCUT2D eigenvalue weighted by molar-refractivity contribution is -0.135. The maximum atomic E-state index is 13.6. The molecular formula is C16H13F4IN4S. The van der Waals surface area contributed by atoms with Gasteiger partial charge in [-0.25, -0.2) is 18.7 Å². The number of thioether (sulfide) groups is 1. The number of pyridine rings is 2. The summed E-state index contributed by atoms with van der Waals surface area (Å²) in [5, 5.41) is 0. The monoisotopic (exact) mass is 496 g/mol. The number of aryl methyl sites for hydroxylation is 1. The van der Waals surface area contributed by atoms with Crippen molar-refractivity contribution in [1.29, 1.82) is 0 Å². The highest BCUT2D eigenvalue weighted by Crippen LogP contribution is 2.36. The van der Waals surface area contributed by atoms with Crippen LogP contribution in [0.5, 0.6) is 0 Å². The van der Waals surface area contributed by atoms with Gasteiger partial charge < -0.3 is 4.57 Å². The van der Waals surface area contributed by atoms with Crippen molar-refractivity contribution in [1.82, 2.24) is 19.5 Å². The lowest BCUT2D eigenvalue weighted by Crippen LogP contribution is -2.23. The summed E-state index contributed by atoms with van der Waals surface area (Å²) in [7, 11) is 1.68. The molecule has 0 atom stereocenters. The van der Waals surface area contributed by atoms with E-state index in [0.29, 0.717) is 17.2 Å². The van der Waals surface area contributed by atoms with Crippen LogP contribution in [0.2, 0.25) is 0 Å². The van der Waals surface area contributed by atoms with Crippen LogP contribution in [0.15, 0.2) is 29.4 Å². The molecule has 0 radical (unpaired) electrons. The van der Waals surface area contributed by atoms with E-state index in [9.17, 15) is 17.6 Å². The molecule has 3 rings (SSSR count). The standard InChI is InChI=1S/C16H13F4IN4S/c1-3-26-11-5-9(21)7-22-12(11)14-24-10-4-8(16(19,20)15(17)18)6-23-13(10)25(14)2/h4-7,15H,3H2,1-2H3. The van der Waals surface area contributed by atoms with Crippen molar-refractivity contribution in [3.8, 4) is 11.5 Å². The molecular weight excluding hydrogens is 483 g/mol. The fourth-order valence-electron chi connectivity index (χ4n) is 2.45. The van der Waals surface area contributed by atoms with E-state index >= 15 is 0 Å². The second-order valence-electron chi connectivity index (χ2n) is 5.42. The Hall–Kier alpha value is -1.43. The summed E-state index contributed by atoms with van der Waals surface area (Å²) in [5.41, 5.74) is 0.179. The number of hydrogen-bond acceptors (Lipinski definition) is 4. The van der Waals surface area contributed by atoms with Gasteiger partial charge in [0.25, 0.3) is 0 Å². The summed E-state index contributed by atoms with van der Waals surface area (Å²) >= 11 is 3.73. The third-order valence-electron chi connectivity index (χ3n) is 3.70. The minimum atomic E-state index is -4.27. The lowest BCUT2D eigenvalue weighted by atomic mass is 10.1. The highest BCUT2D eigenvalue weighted by molar-refractivity contribution is 14.1. The number of halogens is 5. The molecule has 0 fully saturated rings. The van der Waals surface area contributed by atoms with Crippen LogP contribution >= 0.6 is 34.4 Å². The zero-order valence-electron chi connectivity index (χ0n) is 13.7. The Morgan fingerprint density at radius 3 is 2.62 bits per heavy atom. The summed E-state index contributed by atoms with van der Waals surface area (Å²) in [5.74, 6) is -3.01. The molecule has 3 aromatic rings. The zero-order chi connectivity index (χ0) is 19.1. The van der Waals surface area contributed by atoms with Gasteiger partial charge in [-0.2, -0.15) is 8.78 Å². The van der Waals surface area contributed by atoms with Gasteiger partial charge in [0.05, 0.1) is 0 Å². The van der Waals surface area contributed by atoms with Crippen molar-refractivity contribution < 1.29 is 17.6 Å². The topological polar surface area (TPSA) is 43.6 Å². The van der Waals surface area contributed by atoms with Gasteiger partial charge in [0.2, 0.25) is 0 Å². The molecule has 0 saturated heterocycles. The second kappa shape index (κ2) is 7.29. The summed E-state index contributed by atoms with van der Waals surface area (Å²) < 4.78 is 55.0. The van der Waals surface area contributed by atoms with Gasteiger partial charge in [0, 0.05) is 33.5 Å². The van der Waals surface area contributed by atoms with Gasteiger partial charge in [-0.3, -0.25) is 4.98 Å². The molecule has 26 heavy (non-hydrogen) atoms. The molecule has 0 spiro atoms. The van der Waals surface area contributed by atoms with Crippen LogP contribution in [0.3, 0.4) is 0 Å². The van der Waals surface area contributed by atoms with E-state index in [-0.39, 0.29) is 5.52 Å². The number of hydrogen-bond donors (Lipinski definition) is 0. The second-order valence-corrected chi connectivity index (χ2v) is 7.97. The fraction of sp³-hybridized carbons (Fsp3) is 0.312. The highest BCUT2D eigenvalue weighted by Gasteiger charge is 2.43. The average molecular weight is 496 g/mol. The zero-order valence-corrected chi connectivity index (χ0v) is 16.7. The van der Waals surface area contributed by atoms with Crippen LogP contribution in [-0.4, -0.2) is 31.7 Å². The normalized spacial score (nSPS) is 12.3. The maximum absolute atomic E-state index is 13.6. The van der Waals surface area contributed by atoms with Crippen LogP contribution in [0.25, 0.3) is 22.7 Å². The summed E-state index contributed by atoms with van der Waals surface area (Å²) in [6.07, 6.45) is -1.36. The van der Waals surface area contributed by atoms with Crippen molar-refractivity contribution in [2.24, 2.45) is 7.05 Å². The van der Waals surface area contributed by atoms with E-state index in [1.165, 1.54) is 0 Å². The number of imidazole rings is 1. The molecule has 3 aromatic heterocycles. The number of aromatic nitrogens is 4. The predicted octanol–water partition coefficient (Wildman–Crippen LogP) is 5.10. The number of nitrogens with zero attached hydrogens (tertiary/aromatic N) is 4. The lowest BCUT2D eigenvalue weighted by Gasteiger charge is -2.14. The maximum Gasteiger partial charge on any atom is 0.334 e. The third kappa shape index (κ3) is 3.40. The molecule has 0 bridgehead atoms. The summed E-state index contributed by atoms with van der Waals surface area (Å²) in [4.78, 5) is 13.6. The van der Waals surface area contributed by atoms with E-state index in [0.717, 1.165) is 26.5 Å². The first-order chi connectivity index (χ1) is 12.3. The van der Waals surface area contributed by atoms with Gasteiger partial charge in [0.15, 0.2) is 11.5 Å². The van der Waals surface area contributed by atoms with Crippen molar-refractivity contribution >= 4 is 45.5 Å². The van der Waals surface area contributed by atoms with E-state index < -0.39 is 17.9 Å². The molecule has 0 unspecified atom stereocenters. The number of rotatable bonds is 5. The van der Waals surface area contributed by atoms with E-state index in [1.807, 2.05) is 13.0 Å². The van der Waals surface area contributed by atoms with E-state index in [1.54, 1.807) is 29.6 Å². The van der Waals surface area contributed by atoms with Gasteiger partial charge in [-0.05, 0) is 40.5 Å². The molecule has 10 heteroatoms. The number of alkyl halides is 4. The largest absolute Gasteiger partial charge is 0.334 e. The Kier molecular flexibility index (Phi) is 5.42. The first kappa shape index (κ1) is 19.3. The van der Waals surface area contributed by atoms with Gasteiger partial charge >= 0.3 is 12.3 Å². The van der Waals surface area contributed by atoms with Crippen LogP contribution in [0, 0.1) is 3.57 Å². The quantitative estimate of drug-likeness (QED) is 0.280. The predicted molar refractivity (Wildman–Crippen MR) is 101 cm³/mol. The van der Waals surface area contributed by atoms with E-state index in [4.69, 9.17) is 0 Å². The number of fused-ring (bicyclic) bond motifs is 1. The molecule has 4 nitrogen and oxygen atoms in total.